The molecule has 2 aromatic heterocycles. The van der Waals surface area contributed by atoms with Crippen LogP contribution in [0.3, 0.4) is 0 Å². The Balaban J connectivity index is 2.21. The van der Waals surface area contributed by atoms with Crippen molar-refractivity contribution in [2.75, 3.05) is 0 Å². The number of halogens is 3. The zero-order valence-electron chi connectivity index (χ0n) is 9.95. The van der Waals surface area contributed by atoms with Gasteiger partial charge in [0.2, 0.25) is 0 Å². The largest absolute Gasteiger partial charge is 0.345 e. The number of H-pyrrole nitrogens is 1. The molecule has 0 saturated carbocycles. The molecule has 20 heavy (non-hydrogen) atoms. The number of hydrogen-bond donors (Lipinski definition) is 1. The fraction of sp³-hybridized carbons (Fsp3) is 0. The van der Waals surface area contributed by atoms with E-state index in [1.165, 1.54) is 0 Å². The average Bonchev–Trinajstić information content (AvgIpc) is 2.86. The number of benzene rings is 1. The number of nitrogens with zero attached hydrogens (tertiary/aromatic N) is 1. The van der Waals surface area contributed by atoms with E-state index in [1.807, 2.05) is 6.07 Å². The van der Waals surface area contributed by atoms with Crippen molar-refractivity contribution in [3.05, 3.63) is 61.4 Å². The summed E-state index contributed by atoms with van der Waals surface area (Å²) in [5.74, 6) is -0.127. The average molecular weight is 417 g/mol. The number of hydrogen-bond acceptors (Lipinski definition) is 2. The Hall–Kier alpha value is -1.11. The third kappa shape index (κ3) is 2.32. The molecule has 1 aromatic carbocycles. The summed E-state index contributed by atoms with van der Waals surface area (Å²) in [6.07, 6.45) is 3.22. The number of aromatic amines is 1. The lowest BCUT2D eigenvalue weighted by molar-refractivity contribution is 0.103. The maximum atomic E-state index is 12.7. The minimum atomic E-state index is -0.127. The van der Waals surface area contributed by atoms with Crippen molar-refractivity contribution in [1.29, 1.82) is 0 Å². The minimum Gasteiger partial charge on any atom is -0.345 e. The molecule has 3 aromatic rings. The number of ketones is 1. The summed E-state index contributed by atoms with van der Waals surface area (Å²) in [6, 6.07) is 6.89. The van der Waals surface area contributed by atoms with Crippen LogP contribution in [0.15, 0.2) is 36.7 Å². The second-order valence-corrected chi connectivity index (χ2v) is 6.18. The van der Waals surface area contributed by atoms with Crippen LogP contribution in [-0.4, -0.2) is 15.8 Å². The van der Waals surface area contributed by atoms with E-state index in [0.717, 1.165) is 3.57 Å². The summed E-state index contributed by atoms with van der Waals surface area (Å²) in [7, 11) is 0. The van der Waals surface area contributed by atoms with Gasteiger partial charge < -0.3 is 4.98 Å². The molecule has 0 bridgehead atoms. The fourth-order valence-electron chi connectivity index (χ4n) is 2.01. The van der Waals surface area contributed by atoms with Crippen LogP contribution >= 0.6 is 45.8 Å². The lowest BCUT2D eigenvalue weighted by Gasteiger charge is -2.04. The van der Waals surface area contributed by atoms with E-state index in [-0.39, 0.29) is 5.78 Å². The number of pyridine rings is 1. The third-order valence-electron chi connectivity index (χ3n) is 2.94. The molecule has 2 heterocycles. The number of fused-ring (bicyclic) bond motifs is 1. The van der Waals surface area contributed by atoms with Gasteiger partial charge in [0.15, 0.2) is 5.78 Å². The quantitative estimate of drug-likeness (QED) is 0.486. The zero-order valence-corrected chi connectivity index (χ0v) is 13.6. The second kappa shape index (κ2) is 5.35. The molecule has 0 fully saturated rings. The summed E-state index contributed by atoms with van der Waals surface area (Å²) in [5.41, 5.74) is 1.65. The first-order valence-corrected chi connectivity index (χ1v) is 7.52. The van der Waals surface area contributed by atoms with Crippen molar-refractivity contribution in [3.8, 4) is 0 Å². The monoisotopic (exact) mass is 416 g/mol. The van der Waals surface area contributed by atoms with Gasteiger partial charge in [-0.2, -0.15) is 0 Å². The molecule has 6 heteroatoms. The predicted molar refractivity (Wildman–Crippen MR) is 88.7 cm³/mol. The van der Waals surface area contributed by atoms with Crippen molar-refractivity contribution in [2.45, 2.75) is 0 Å². The molecule has 0 atom stereocenters. The van der Waals surface area contributed by atoms with Crippen LogP contribution in [0, 0.1) is 3.57 Å². The van der Waals surface area contributed by atoms with E-state index in [1.54, 1.807) is 30.6 Å². The molecular formula is C14H7Cl2IN2O. The van der Waals surface area contributed by atoms with Crippen LogP contribution in [0.25, 0.3) is 11.0 Å². The van der Waals surface area contributed by atoms with Gasteiger partial charge in [-0.15, -0.1) is 0 Å². The van der Waals surface area contributed by atoms with Gasteiger partial charge in [-0.05, 0) is 46.9 Å². The van der Waals surface area contributed by atoms with Gasteiger partial charge in [0, 0.05) is 31.9 Å². The van der Waals surface area contributed by atoms with Gasteiger partial charge in [0.1, 0.15) is 5.65 Å². The molecule has 0 aliphatic carbocycles. The predicted octanol–water partition coefficient (Wildman–Crippen LogP) is 4.71. The molecule has 0 radical (unpaired) electrons. The lowest BCUT2D eigenvalue weighted by atomic mass is 10.0. The Morgan fingerprint density at radius 3 is 2.80 bits per heavy atom. The van der Waals surface area contributed by atoms with Gasteiger partial charge in [0.05, 0.1) is 10.6 Å². The molecule has 0 spiro atoms. The van der Waals surface area contributed by atoms with Crippen molar-refractivity contribution < 1.29 is 4.79 Å². The zero-order chi connectivity index (χ0) is 14.3. The highest BCUT2D eigenvalue weighted by atomic mass is 127. The Kier molecular flexibility index (Phi) is 3.70. The number of carbonyl (C=O) groups excluding carboxylic acids is 1. The van der Waals surface area contributed by atoms with Gasteiger partial charge in [-0.3, -0.25) is 4.79 Å². The standard InChI is InChI=1S/C14H7Cl2IN2O/c15-7-1-2-11(17)8(5-7)13(20)9-6-19-14-12(9)10(16)3-4-18-14/h1-6H,(H,18,19). The van der Waals surface area contributed by atoms with E-state index >= 15 is 0 Å². The van der Waals surface area contributed by atoms with Gasteiger partial charge in [-0.1, -0.05) is 23.2 Å². The summed E-state index contributed by atoms with van der Waals surface area (Å²) >= 11 is 14.2. The van der Waals surface area contributed by atoms with Gasteiger partial charge in [0.25, 0.3) is 0 Å². The summed E-state index contributed by atoms with van der Waals surface area (Å²) in [5, 5.41) is 1.66. The molecule has 100 valence electrons. The van der Waals surface area contributed by atoms with E-state index in [0.29, 0.717) is 32.2 Å². The summed E-state index contributed by atoms with van der Waals surface area (Å²) in [4.78, 5) is 19.8. The van der Waals surface area contributed by atoms with Crippen LogP contribution in [0.5, 0.6) is 0 Å². The van der Waals surface area contributed by atoms with Crippen molar-refractivity contribution in [3.63, 3.8) is 0 Å². The number of rotatable bonds is 2. The van der Waals surface area contributed by atoms with Crippen molar-refractivity contribution in [1.82, 2.24) is 9.97 Å². The van der Waals surface area contributed by atoms with Crippen LogP contribution in [0.2, 0.25) is 10.0 Å². The second-order valence-electron chi connectivity index (χ2n) is 4.17. The summed E-state index contributed by atoms with van der Waals surface area (Å²) in [6.45, 7) is 0. The molecule has 3 nitrogen and oxygen atoms in total. The van der Waals surface area contributed by atoms with Gasteiger partial charge >= 0.3 is 0 Å². The summed E-state index contributed by atoms with van der Waals surface area (Å²) < 4.78 is 0.839. The number of aromatic nitrogens is 2. The first-order chi connectivity index (χ1) is 9.58. The third-order valence-corrected chi connectivity index (χ3v) is 4.43. The molecular weight excluding hydrogens is 410 g/mol. The molecule has 0 unspecified atom stereocenters. The lowest BCUT2D eigenvalue weighted by Crippen LogP contribution is -2.03. The first kappa shape index (κ1) is 13.9. The van der Waals surface area contributed by atoms with Crippen molar-refractivity contribution in [2.24, 2.45) is 0 Å². The highest BCUT2D eigenvalue weighted by Crippen LogP contribution is 2.28. The molecule has 0 aliphatic heterocycles. The Morgan fingerprint density at radius 1 is 1.20 bits per heavy atom. The molecule has 3 rings (SSSR count). The van der Waals surface area contributed by atoms with E-state index in [4.69, 9.17) is 23.2 Å². The normalized spacial score (nSPS) is 10.9. The molecule has 0 amide bonds. The topological polar surface area (TPSA) is 45.8 Å². The van der Waals surface area contributed by atoms with E-state index < -0.39 is 0 Å². The Labute approximate surface area is 138 Å². The first-order valence-electron chi connectivity index (χ1n) is 5.69. The maximum absolute atomic E-state index is 12.7. The van der Waals surface area contributed by atoms with Crippen LogP contribution in [0.1, 0.15) is 15.9 Å². The maximum Gasteiger partial charge on any atom is 0.196 e. The number of nitrogens with one attached hydrogen (secondary N) is 1. The Morgan fingerprint density at radius 2 is 2.00 bits per heavy atom. The Bertz CT molecular complexity index is 829. The molecule has 1 N–H and O–H groups in total. The SMILES string of the molecule is O=C(c1cc(Cl)ccc1I)c1c[nH]c2nccc(Cl)c12. The minimum absolute atomic E-state index is 0.127. The van der Waals surface area contributed by atoms with Crippen LogP contribution < -0.4 is 0 Å². The number of carbonyl (C=O) groups is 1. The van der Waals surface area contributed by atoms with Crippen LogP contribution in [-0.2, 0) is 0 Å². The molecule has 0 saturated heterocycles. The highest BCUT2D eigenvalue weighted by molar-refractivity contribution is 14.1. The molecule has 0 aliphatic rings. The van der Waals surface area contributed by atoms with Crippen LogP contribution in [0.4, 0.5) is 0 Å². The van der Waals surface area contributed by atoms with Crippen molar-refractivity contribution >= 4 is 62.6 Å². The van der Waals surface area contributed by atoms with E-state index in [9.17, 15) is 4.79 Å². The van der Waals surface area contributed by atoms with E-state index in [2.05, 4.69) is 32.6 Å². The van der Waals surface area contributed by atoms with Gasteiger partial charge in [-0.25, -0.2) is 4.98 Å². The fourth-order valence-corrected chi connectivity index (χ4v) is 3.01. The smallest absolute Gasteiger partial charge is 0.196 e. The highest BCUT2D eigenvalue weighted by Gasteiger charge is 2.19.